The van der Waals surface area contributed by atoms with Crippen molar-refractivity contribution in [1.82, 2.24) is 15.0 Å². The molecule has 1 saturated heterocycles. The predicted octanol–water partition coefficient (Wildman–Crippen LogP) is 3.53. The zero-order chi connectivity index (χ0) is 29.6. The Balaban J connectivity index is 1.54. The fraction of sp³-hybridized carbons (Fsp3) is 0.423. The Hall–Kier alpha value is -2.23. The van der Waals surface area contributed by atoms with E-state index in [4.69, 9.17) is 32.7 Å². The molecular formula is C26H25BrCl2F2N4O6. The summed E-state index contributed by atoms with van der Waals surface area (Å²) in [5, 5.41) is 40.1. The van der Waals surface area contributed by atoms with Crippen LogP contribution in [0.1, 0.15) is 18.9 Å². The number of anilines is 1. The van der Waals surface area contributed by atoms with E-state index in [2.05, 4.69) is 26.2 Å². The van der Waals surface area contributed by atoms with Crippen LogP contribution in [0.5, 0.6) is 0 Å². The van der Waals surface area contributed by atoms with Gasteiger partial charge in [0.05, 0.1) is 29.4 Å². The molecule has 15 heteroatoms. The number of aliphatic hydroxyl groups is 3. The molecule has 41 heavy (non-hydrogen) atoms. The molecule has 0 radical (unpaired) electrons. The number of aliphatic hydroxyl groups excluding tert-OH is 3. The number of halogens is 5. The van der Waals surface area contributed by atoms with Crippen LogP contribution in [0.2, 0.25) is 10.0 Å². The number of nitrogens with zero attached hydrogens (tertiary/aromatic N) is 4. The monoisotopic (exact) mass is 676 g/mol. The largest absolute Gasteiger partial charge is 0.394 e. The highest BCUT2D eigenvalue weighted by atomic mass is 79.9. The van der Waals surface area contributed by atoms with Crippen molar-refractivity contribution < 1.29 is 38.4 Å². The van der Waals surface area contributed by atoms with Gasteiger partial charge in [-0.1, -0.05) is 28.4 Å². The van der Waals surface area contributed by atoms with Crippen molar-refractivity contribution in [2.24, 2.45) is 0 Å². The van der Waals surface area contributed by atoms with Crippen LogP contribution in [0.4, 0.5) is 14.5 Å². The summed E-state index contributed by atoms with van der Waals surface area (Å²) in [5.74, 6) is -2.91. The Morgan fingerprint density at radius 2 is 1.90 bits per heavy atom. The molecule has 7 atom stereocenters. The maximum atomic E-state index is 14.7. The molecule has 1 aliphatic heterocycles. The van der Waals surface area contributed by atoms with Gasteiger partial charge >= 0.3 is 0 Å². The van der Waals surface area contributed by atoms with E-state index in [1.165, 1.54) is 48.5 Å². The molecule has 0 bridgehead atoms. The lowest BCUT2D eigenvalue weighted by atomic mass is 9.85. The third-order valence-electron chi connectivity index (χ3n) is 7.41. The van der Waals surface area contributed by atoms with Crippen molar-refractivity contribution in [3.63, 3.8) is 0 Å². The van der Waals surface area contributed by atoms with Crippen molar-refractivity contribution >= 4 is 50.7 Å². The molecule has 2 heterocycles. The normalized spacial score (nSPS) is 27.9. The highest BCUT2D eigenvalue weighted by Gasteiger charge is 2.52. The Kier molecular flexibility index (Phi) is 8.98. The SMILES string of the molecule is CO[C@@H]1[C@@H](n2cc(-c3ccc(Br)c(F)c3F)nn2)[C@@H](O)[C@@H](CO)O[C@H]1C(=O)N(c1cc(Cl)cc(Cl)c1)[C@H]1CC[C@@H]1O. The van der Waals surface area contributed by atoms with Crippen molar-refractivity contribution in [3.8, 4) is 11.3 Å². The van der Waals surface area contributed by atoms with Crippen molar-refractivity contribution in [3.05, 3.63) is 62.7 Å². The molecule has 10 nitrogen and oxygen atoms in total. The van der Waals surface area contributed by atoms with Crippen LogP contribution in [-0.4, -0.2) is 86.5 Å². The zero-order valence-corrected chi connectivity index (χ0v) is 24.5. The summed E-state index contributed by atoms with van der Waals surface area (Å²) in [6.45, 7) is -0.666. The van der Waals surface area contributed by atoms with Gasteiger partial charge in [-0.25, -0.2) is 13.5 Å². The number of methoxy groups -OCH3 is 1. The minimum atomic E-state index is -1.45. The molecular weight excluding hydrogens is 653 g/mol. The third kappa shape index (κ3) is 5.62. The summed E-state index contributed by atoms with van der Waals surface area (Å²) in [7, 11) is 1.30. The van der Waals surface area contributed by atoms with Gasteiger partial charge in [0.2, 0.25) is 0 Å². The van der Waals surface area contributed by atoms with E-state index in [9.17, 15) is 28.9 Å². The number of amides is 1. The summed E-state index contributed by atoms with van der Waals surface area (Å²) in [6.07, 6.45) is -3.91. The maximum absolute atomic E-state index is 14.7. The minimum absolute atomic E-state index is 0.0429. The van der Waals surface area contributed by atoms with Gasteiger partial charge in [0.15, 0.2) is 17.7 Å². The van der Waals surface area contributed by atoms with E-state index >= 15 is 0 Å². The van der Waals surface area contributed by atoms with Gasteiger partial charge in [0, 0.05) is 28.4 Å². The average molecular weight is 678 g/mol. The lowest BCUT2D eigenvalue weighted by molar-refractivity contribution is -0.211. The zero-order valence-electron chi connectivity index (χ0n) is 21.4. The summed E-state index contributed by atoms with van der Waals surface area (Å²) >= 11 is 15.4. The van der Waals surface area contributed by atoms with E-state index in [1.807, 2.05) is 0 Å². The summed E-state index contributed by atoms with van der Waals surface area (Å²) in [4.78, 5) is 15.5. The molecule has 1 aliphatic carbocycles. The molecule has 2 aliphatic rings. The molecule has 3 N–H and O–H groups in total. The smallest absolute Gasteiger partial charge is 0.259 e. The second-order valence-electron chi connectivity index (χ2n) is 9.81. The highest BCUT2D eigenvalue weighted by Crippen LogP contribution is 2.38. The van der Waals surface area contributed by atoms with Crippen LogP contribution in [0.25, 0.3) is 11.3 Å². The molecule has 1 aromatic heterocycles. The van der Waals surface area contributed by atoms with Crippen LogP contribution in [-0.2, 0) is 14.3 Å². The van der Waals surface area contributed by atoms with Crippen LogP contribution >= 0.6 is 39.1 Å². The summed E-state index contributed by atoms with van der Waals surface area (Å²) in [6, 6.07) is 5.39. The minimum Gasteiger partial charge on any atom is -0.394 e. The standard InChI is InChI=1S/C26H25BrCl2F2N4O6/c1-40-24-22(34-9-16(32-33-34)14-2-3-15(27)21(31)20(14)30)23(38)19(10-36)41-25(24)26(39)35(17-4-5-18(17)37)13-7-11(28)6-12(29)8-13/h2-3,6-9,17-19,22-25,36-38H,4-5,10H2,1H3/t17-,18-,19+,22-,23-,24+,25+/m0/s1. The first-order valence-electron chi connectivity index (χ1n) is 12.6. The molecule has 1 saturated carbocycles. The average Bonchev–Trinajstić information content (AvgIpc) is 3.41. The van der Waals surface area contributed by atoms with Gasteiger partial charge in [0.25, 0.3) is 5.91 Å². The highest BCUT2D eigenvalue weighted by molar-refractivity contribution is 9.10. The number of benzene rings is 2. The fourth-order valence-electron chi connectivity index (χ4n) is 5.19. The van der Waals surface area contributed by atoms with E-state index in [0.29, 0.717) is 18.5 Å². The molecule has 0 unspecified atom stereocenters. The second-order valence-corrected chi connectivity index (χ2v) is 11.5. The number of hydrogen-bond acceptors (Lipinski definition) is 8. The number of aromatic nitrogens is 3. The Bertz CT molecular complexity index is 1430. The lowest BCUT2D eigenvalue weighted by Gasteiger charge is -2.47. The van der Waals surface area contributed by atoms with Crippen molar-refractivity contribution in [1.29, 1.82) is 0 Å². The lowest BCUT2D eigenvalue weighted by Crippen LogP contribution is -2.64. The Morgan fingerprint density at radius 3 is 2.49 bits per heavy atom. The van der Waals surface area contributed by atoms with E-state index in [-0.39, 0.29) is 25.8 Å². The topological polar surface area (TPSA) is 130 Å². The van der Waals surface area contributed by atoms with Gasteiger partial charge in [0.1, 0.15) is 30.0 Å². The first kappa shape index (κ1) is 30.2. The number of hydrogen-bond donors (Lipinski definition) is 3. The van der Waals surface area contributed by atoms with Crippen LogP contribution in [0, 0.1) is 11.6 Å². The molecule has 220 valence electrons. The van der Waals surface area contributed by atoms with E-state index in [1.54, 1.807) is 0 Å². The van der Waals surface area contributed by atoms with Crippen molar-refractivity contribution in [2.45, 2.75) is 55.4 Å². The van der Waals surface area contributed by atoms with Gasteiger partial charge < -0.3 is 29.7 Å². The van der Waals surface area contributed by atoms with Crippen LogP contribution < -0.4 is 4.90 Å². The first-order valence-corrected chi connectivity index (χ1v) is 14.1. The summed E-state index contributed by atoms with van der Waals surface area (Å²) in [5.41, 5.74) is 0.0918. The second kappa shape index (κ2) is 12.2. The first-order chi connectivity index (χ1) is 19.5. The van der Waals surface area contributed by atoms with Gasteiger partial charge in [-0.05, 0) is 59.1 Å². The number of rotatable bonds is 7. The summed E-state index contributed by atoms with van der Waals surface area (Å²) < 4.78 is 41.5. The maximum Gasteiger partial charge on any atom is 0.259 e. The Labute approximate surface area is 251 Å². The van der Waals surface area contributed by atoms with E-state index < -0.39 is 66.8 Å². The van der Waals surface area contributed by atoms with Gasteiger partial charge in [-0.15, -0.1) is 5.10 Å². The predicted molar refractivity (Wildman–Crippen MR) is 148 cm³/mol. The fourth-order valence-corrected chi connectivity index (χ4v) is 6.01. The van der Waals surface area contributed by atoms with Gasteiger partial charge in [-0.3, -0.25) is 4.79 Å². The molecule has 3 aromatic rings. The molecule has 1 amide bonds. The molecule has 5 rings (SSSR count). The van der Waals surface area contributed by atoms with Crippen LogP contribution in [0.15, 0.2) is 41.0 Å². The quantitative estimate of drug-likeness (QED) is 0.324. The number of ether oxygens (including phenoxy) is 2. The number of carbonyl (C=O) groups excluding carboxylic acids is 1. The molecule has 2 fully saturated rings. The van der Waals surface area contributed by atoms with Crippen LogP contribution in [0.3, 0.4) is 0 Å². The molecule has 2 aromatic carbocycles. The molecule has 0 spiro atoms. The van der Waals surface area contributed by atoms with Crippen molar-refractivity contribution in [2.75, 3.05) is 18.6 Å². The Morgan fingerprint density at radius 1 is 1.20 bits per heavy atom. The number of carbonyl (C=O) groups is 1. The third-order valence-corrected chi connectivity index (χ3v) is 8.46. The van der Waals surface area contributed by atoms with E-state index in [0.717, 1.165) is 4.68 Å². The van der Waals surface area contributed by atoms with Gasteiger partial charge in [-0.2, -0.15) is 0 Å².